The van der Waals surface area contributed by atoms with Crippen LogP contribution in [0.15, 0.2) is 46.2 Å². The summed E-state index contributed by atoms with van der Waals surface area (Å²) in [7, 11) is 3.37. The third kappa shape index (κ3) is 16.7. The second-order valence-electron chi connectivity index (χ2n) is 11.7. The number of methoxy groups -OCH3 is 1. The molecule has 250 valence electrons. The number of carbonyl (C=O) groups excluding carboxylic acids is 1. The first-order chi connectivity index (χ1) is 21.0. The molecule has 2 rings (SSSR count). The Labute approximate surface area is 281 Å². The predicted octanol–water partition coefficient (Wildman–Crippen LogP) is 2.89. The average molecular weight is 729 g/mol. The molecule has 0 saturated carbocycles. The van der Waals surface area contributed by atoms with Crippen molar-refractivity contribution >= 4 is 6.09 Å². The molecule has 1 amide bonds. The number of aryl methyl sites for hydroxylation is 1. The lowest BCUT2D eigenvalue weighted by Crippen LogP contribution is -3.00. The summed E-state index contributed by atoms with van der Waals surface area (Å²) in [5, 5.41) is 2.80. The van der Waals surface area contributed by atoms with E-state index in [1.807, 2.05) is 36.0 Å². The molecule has 9 nitrogen and oxygen atoms in total. The lowest BCUT2D eigenvalue weighted by atomic mass is 10.0. The van der Waals surface area contributed by atoms with Gasteiger partial charge in [0.2, 0.25) is 5.69 Å². The van der Waals surface area contributed by atoms with Gasteiger partial charge in [0.25, 0.3) is 5.56 Å². The number of pyridine rings is 1. The SMILES string of the molecule is CCCCCCCCCCCCCCCCCCNC(=O)OCC(Cn1ccc(=O)n(Cc2cccc[n+]2C)c1=O)OC.[I-]. The van der Waals surface area contributed by atoms with Gasteiger partial charge in [-0.1, -0.05) is 109 Å². The van der Waals surface area contributed by atoms with Gasteiger partial charge in [0.05, 0.1) is 6.54 Å². The molecular formula is C34H57IN4O5. The van der Waals surface area contributed by atoms with E-state index in [-0.39, 0.29) is 49.2 Å². The summed E-state index contributed by atoms with van der Waals surface area (Å²) < 4.78 is 15.3. The average Bonchev–Trinajstić information content (AvgIpc) is 3.00. The number of nitrogens with zero attached hydrogens (tertiary/aromatic N) is 3. The Kier molecular flexibility index (Phi) is 22.7. The molecule has 0 aliphatic heterocycles. The number of halogens is 1. The predicted molar refractivity (Wildman–Crippen MR) is 171 cm³/mol. The zero-order chi connectivity index (χ0) is 31.1. The van der Waals surface area contributed by atoms with Crippen molar-refractivity contribution < 1.29 is 42.8 Å². The Hall–Kier alpha value is -2.21. The Morgan fingerprint density at radius 1 is 0.864 bits per heavy atom. The number of alkyl carbamates (subject to hydrolysis) is 1. The summed E-state index contributed by atoms with van der Waals surface area (Å²) >= 11 is 0. The van der Waals surface area contributed by atoms with E-state index in [4.69, 9.17) is 9.47 Å². The standard InChI is InChI=1S/C34H56N4O5.HI/c1-4-5-6-7-8-9-10-11-12-13-14-15-16-17-18-20-24-35-33(40)43-29-31(42-3)28-37-26-23-32(39)38(34(37)41)27-30-22-19-21-25-36(30)2;/h19,21-23,25-26,31H,4-18,20,24,27-29H2,1-3H3;1H. The van der Waals surface area contributed by atoms with E-state index < -0.39 is 17.9 Å². The van der Waals surface area contributed by atoms with Crippen LogP contribution in [0.25, 0.3) is 0 Å². The fourth-order valence-corrected chi connectivity index (χ4v) is 5.22. The normalized spacial score (nSPS) is 11.6. The lowest BCUT2D eigenvalue weighted by molar-refractivity contribution is -0.679. The Balaban J connectivity index is 0.00000968. The van der Waals surface area contributed by atoms with Crippen LogP contribution in [-0.4, -0.2) is 41.6 Å². The Morgan fingerprint density at radius 2 is 1.43 bits per heavy atom. The van der Waals surface area contributed by atoms with Crippen LogP contribution < -0.4 is 45.1 Å². The van der Waals surface area contributed by atoms with Crippen LogP contribution in [0, 0.1) is 0 Å². The van der Waals surface area contributed by atoms with Crippen LogP contribution >= 0.6 is 0 Å². The second-order valence-corrected chi connectivity index (χ2v) is 11.7. The third-order valence-electron chi connectivity index (χ3n) is 8.06. The molecule has 0 bridgehead atoms. The van der Waals surface area contributed by atoms with Crippen molar-refractivity contribution in [2.45, 2.75) is 129 Å². The van der Waals surface area contributed by atoms with Crippen LogP contribution in [0.5, 0.6) is 0 Å². The number of carbonyl (C=O) groups is 1. The minimum Gasteiger partial charge on any atom is -1.00 e. The molecule has 0 radical (unpaired) electrons. The number of hydrogen-bond acceptors (Lipinski definition) is 5. The third-order valence-corrected chi connectivity index (χ3v) is 8.06. The van der Waals surface area contributed by atoms with Crippen LogP contribution in [0.2, 0.25) is 0 Å². The summed E-state index contributed by atoms with van der Waals surface area (Å²) in [5.41, 5.74) is 0.0159. The second kappa shape index (κ2) is 25.0. The van der Waals surface area contributed by atoms with Crippen molar-refractivity contribution in [1.29, 1.82) is 0 Å². The molecule has 1 atom stereocenters. The van der Waals surface area contributed by atoms with Gasteiger partial charge in [0.1, 0.15) is 26.3 Å². The number of nitrogens with one attached hydrogen (secondary N) is 1. The molecule has 10 heteroatoms. The highest BCUT2D eigenvalue weighted by atomic mass is 127. The van der Waals surface area contributed by atoms with E-state index in [0.29, 0.717) is 6.54 Å². The highest BCUT2D eigenvalue weighted by Gasteiger charge is 2.16. The first-order valence-corrected chi connectivity index (χ1v) is 16.6. The monoisotopic (exact) mass is 728 g/mol. The summed E-state index contributed by atoms with van der Waals surface area (Å²) in [6.07, 6.45) is 23.3. The molecule has 0 spiro atoms. The fourth-order valence-electron chi connectivity index (χ4n) is 5.22. The topological polar surface area (TPSA) is 95.4 Å². The van der Waals surface area contributed by atoms with E-state index in [1.165, 1.54) is 118 Å². The molecule has 2 aromatic rings. The highest BCUT2D eigenvalue weighted by molar-refractivity contribution is 5.67. The summed E-state index contributed by atoms with van der Waals surface area (Å²) in [6.45, 7) is 3.16. The van der Waals surface area contributed by atoms with Crippen LogP contribution in [0.4, 0.5) is 4.79 Å². The quantitative estimate of drug-likeness (QED) is 0.102. The van der Waals surface area contributed by atoms with Crippen LogP contribution in [0.1, 0.15) is 115 Å². The van der Waals surface area contributed by atoms with Gasteiger partial charge in [-0.25, -0.2) is 18.7 Å². The van der Waals surface area contributed by atoms with E-state index in [2.05, 4.69) is 12.2 Å². The van der Waals surface area contributed by atoms with Gasteiger partial charge in [-0.05, 0) is 6.42 Å². The number of rotatable bonds is 24. The van der Waals surface area contributed by atoms with E-state index in [1.54, 1.807) is 0 Å². The Bertz CT molecular complexity index is 1150. The van der Waals surface area contributed by atoms with E-state index >= 15 is 0 Å². The maximum absolute atomic E-state index is 13.0. The smallest absolute Gasteiger partial charge is 0.407 e. The first-order valence-electron chi connectivity index (χ1n) is 16.6. The van der Waals surface area contributed by atoms with Gasteiger partial charge in [-0.3, -0.25) is 9.36 Å². The van der Waals surface area contributed by atoms with Crippen molar-refractivity contribution in [3.63, 3.8) is 0 Å². The van der Waals surface area contributed by atoms with Crippen molar-refractivity contribution in [1.82, 2.24) is 14.5 Å². The van der Waals surface area contributed by atoms with Crippen LogP contribution in [0.3, 0.4) is 0 Å². The number of aromatic nitrogens is 3. The van der Waals surface area contributed by atoms with Gasteiger partial charge in [-0.15, -0.1) is 0 Å². The maximum Gasteiger partial charge on any atom is 0.407 e. The summed E-state index contributed by atoms with van der Waals surface area (Å²) in [4.78, 5) is 37.6. The van der Waals surface area contributed by atoms with Crippen molar-refractivity contribution in [3.8, 4) is 0 Å². The number of amides is 1. The van der Waals surface area contributed by atoms with Crippen molar-refractivity contribution in [2.75, 3.05) is 20.3 Å². The number of ether oxygens (including phenoxy) is 2. The van der Waals surface area contributed by atoms with Crippen molar-refractivity contribution in [2.24, 2.45) is 7.05 Å². The molecule has 0 aromatic carbocycles. The van der Waals surface area contributed by atoms with Gasteiger partial charge >= 0.3 is 11.8 Å². The van der Waals surface area contributed by atoms with Gasteiger partial charge < -0.3 is 38.8 Å². The molecule has 1 N–H and O–H groups in total. The van der Waals surface area contributed by atoms with Crippen LogP contribution in [-0.2, 0) is 29.6 Å². The lowest BCUT2D eigenvalue weighted by Gasteiger charge is -2.17. The van der Waals surface area contributed by atoms with Gasteiger partial charge in [-0.2, -0.15) is 0 Å². The minimum atomic E-state index is -0.530. The highest BCUT2D eigenvalue weighted by Crippen LogP contribution is 2.13. The van der Waals surface area contributed by atoms with Crippen molar-refractivity contribution in [3.05, 3.63) is 63.2 Å². The molecule has 2 aromatic heterocycles. The molecule has 2 heterocycles. The largest absolute Gasteiger partial charge is 1.00 e. The summed E-state index contributed by atoms with van der Waals surface area (Å²) in [5.74, 6) is 0. The van der Waals surface area contributed by atoms with Gasteiger partial charge in [0.15, 0.2) is 6.20 Å². The number of hydrogen-bond donors (Lipinski definition) is 1. The molecule has 1 unspecified atom stereocenters. The summed E-state index contributed by atoms with van der Waals surface area (Å²) in [6, 6.07) is 6.98. The fraction of sp³-hybridized carbons (Fsp3) is 0.706. The maximum atomic E-state index is 13.0. The molecule has 0 aliphatic rings. The molecule has 0 aliphatic carbocycles. The molecule has 44 heavy (non-hydrogen) atoms. The zero-order valence-electron chi connectivity index (χ0n) is 27.4. The van der Waals surface area contributed by atoms with Gasteiger partial charge in [0, 0.05) is 38.1 Å². The Morgan fingerprint density at radius 3 is 1.98 bits per heavy atom. The molecule has 0 fully saturated rings. The minimum absolute atomic E-state index is 0. The first kappa shape index (κ1) is 39.8. The van der Waals surface area contributed by atoms with E-state index in [9.17, 15) is 14.4 Å². The molecule has 0 saturated heterocycles. The van der Waals surface area contributed by atoms with E-state index in [0.717, 1.165) is 18.5 Å². The zero-order valence-corrected chi connectivity index (χ0v) is 29.6. The molecular weight excluding hydrogens is 671 g/mol. The number of unbranched alkanes of at least 4 members (excludes halogenated alkanes) is 15.